The van der Waals surface area contributed by atoms with Gasteiger partial charge in [0.2, 0.25) is 0 Å². The quantitative estimate of drug-likeness (QED) is 0.586. The molecule has 1 saturated heterocycles. The summed E-state index contributed by atoms with van der Waals surface area (Å²) in [7, 11) is 1.83. The zero-order chi connectivity index (χ0) is 17.2. The van der Waals surface area contributed by atoms with Crippen molar-refractivity contribution in [2.24, 2.45) is 10.9 Å². The highest BCUT2D eigenvalue weighted by Crippen LogP contribution is 2.16. The van der Waals surface area contributed by atoms with E-state index in [1.165, 1.54) is 44.5 Å². The Morgan fingerprint density at radius 1 is 1.29 bits per heavy atom. The first-order valence-electron chi connectivity index (χ1n) is 9.12. The summed E-state index contributed by atoms with van der Waals surface area (Å²) in [4.78, 5) is 6.90. The normalized spacial score (nSPS) is 17.0. The molecule has 1 aromatic rings. The SMILES string of the molecule is CCCN1CCC(CNC(=NC)NCCc2cccc(Cl)c2)CC1. The van der Waals surface area contributed by atoms with Gasteiger partial charge >= 0.3 is 0 Å². The lowest BCUT2D eigenvalue weighted by molar-refractivity contribution is 0.185. The Kier molecular flexibility index (Phi) is 8.40. The second kappa shape index (κ2) is 10.6. The molecule has 2 N–H and O–H groups in total. The molecule has 2 rings (SSSR count). The van der Waals surface area contributed by atoms with Crippen molar-refractivity contribution in [2.45, 2.75) is 32.6 Å². The molecule has 1 fully saturated rings. The highest BCUT2D eigenvalue weighted by Gasteiger charge is 2.18. The summed E-state index contributed by atoms with van der Waals surface area (Å²) in [6.07, 6.45) is 4.77. The van der Waals surface area contributed by atoms with Gasteiger partial charge in [-0.15, -0.1) is 0 Å². The van der Waals surface area contributed by atoms with Crippen molar-refractivity contribution in [3.05, 3.63) is 34.9 Å². The van der Waals surface area contributed by atoms with E-state index in [0.717, 1.165) is 36.4 Å². The first-order chi connectivity index (χ1) is 11.7. The van der Waals surface area contributed by atoms with E-state index in [1.807, 2.05) is 25.2 Å². The van der Waals surface area contributed by atoms with Gasteiger partial charge in [-0.1, -0.05) is 30.7 Å². The number of piperidine rings is 1. The monoisotopic (exact) mass is 350 g/mol. The summed E-state index contributed by atoms with van der Waals surface area (Å²) in [5.74, 6) is 1.65. The lowest BCUT2D eigenvalue weighted by atomic mass is 9.97. The molecule has 5 heteroatoms. The van der Waals surface area contributed by atoms with Gasteiger partial charge in [-0.3, -0.25) is 4.99 Å². The summed E-state index contributed by atoms with van der Waals surface area (Å²) in [6.45, 7) is 7.84. The number of nitrogens with zero attached hydrogens (tertiary/aromatic N) is 2. The average Bonchev–Trinajstić information content (AvgIpc) is 2.59. The van der Waals surface area contributed by atoms with Crippen LogP contribution in [-0.2, 0) is 6.42 Å². The highest BCUT2D eigenvalue weighted by atomic mass is 35.5. The zero-order valence-electron chi connectivity index (χ0n) is 15.0. The molecular weight excluding hydrogens is 320 g/mol. The van der Waals surface area contributed by atoms with Crippen molar-refractivity contribution < 1.29 is 0 Å². The van der Waals surface area contributed by atoms with Gasteiger partial charge in [0.25, 0.3) is 0 Å². The standard InChI is InChI=1S/C19H31ClN4/c1-3-11-24-12-8-17(9-13-24)15-23-19(21-2)22-10-7-16-5-4-6-18(20)14-16/h4-6,14,17H,3,7-13,15H2,1-2H3,(H2,21,22,23). The van der Waals surface area contributed by atoms with Crippen molar-refractivity contribution in [3.63, 3.8) is 0 Å². The topological polar surface area (TPSA) is 39.7 Å². The van der Waals surface area contributed by atoms with Crippen LogP contribution < -0.4 is 10.6 Å². The number of halogens is 1. The third-order valence-corrected chi connectivity index (χ3v) is 4.86. The van der Waals surface area contributed by atoms with Crippen molar-refractivity contribution in [1.82, 2.24) is 15.5 Å². The number of benzene rings is 1. The number of nitrogens with one attached hydrogen (secondary N) is 2. The van der Waals surface area contributed by atoms with Crippen LogP contribution in [0.25, 0.3) is 0 Å². The summed E-state index contributed by atoms with van der Waals surface area (Å²) >= 11 is 6.02. The van der Waals surface area contributed by atoms with Crippen LogP contribution in [-0.4, -0.2) is 50.6 Å². The third kappa shape index (κ3) is 6.70. The Morgan fingerprint density at radius 3 is 2.75 bits per heavy atom. The summed E-state index contributed by atoms with van der Waals surface area (Å²) in [5, 5.41) is 7.67. The molecule has 4 nitrogen and oxygen atoms in total. The molecule has 134 valence electrons. The lowest BCUT2D eigenvalue weighted by Gasteiger charge is -2.32. The van der Waals surface area contributed by atoms with Crippen molar-refractivity contribution in [1.29, 1.82) is 0 Å². The number of hydrogen-bond donors (Lipinski definition) is 2. The highest BCUT2D eigenvalue weighted by molar-refractivity contribution is 6.30. The molecule has 0 saturated carbocycles. The van der Waals surface area contributed by atoms with E-state index in [4.69, 9.17) is 11.6 Å². The predicted octanol–water partition coefficient (Wildman–Crippen LogP) is 3.17. The van der Waals surface area contributed by atoms with E-state index in [2.05, 4.69) is 33.5 Å². The van der Waals surface area contributed by atoms with Gasteiger partial charge in [0.1, 0.15) is 0 Å². The molecule has 0 radical (unpaired) electrons. The van der Waals surface area contributed by atoms with Gasteiger partial charge < -0.3 is 15.5 Å². The van der Waals surface area contributed by atoms with Crippen LogP contribution in [0.3, 0.4) is 0 Å². The van der Waals surface area contributed by atoms with Gasteiger partial charge in [0.15, 0.2) is 5.96 Å². The molecule has 0 amide bonds. The van der Waals surface area contributed by atoms with Crippen molar-refractivity contribution >= 4 is 17.6 Å². The zero-order valence-corrected chi connectivity index (χ0v) is 15.8. The number of rotatable bonds is 7. The fourth-order valence-corrected chi connectivity index (χ4v) is 3.42. The Hall–Kier alpha value is -1.26. The number of likely N-dealkylation sites (tertiary alicyclic amines) is 1. The van der Waals surface area contributed by atoms with Crippen LogP contribution in [0, 0.1) is 5.92 Å². The third-order valence-electron chi connectivity index (χ3n) is 4.62. The predicted molar refractivity (Wildman–Crippen MR) is 104 cm³/mol. The second-order valence-corrected chi connectivity index (χ2v) is 6.98. The molecular formula is C19H31ClN4. The minimum atomic E-state index is 0.754. The molecule has 24 heavy (non-hydrogen) atoms. The lowest BCUT2D eigenvalue weighted by Crippen LogP contribution is -2.43. The van der Waals surface area contributed by atoms with E-state index in [1.54, 1.807) is 0 Å². The Bertz CT molecular complexity index is 510. The molecule has 0 unspecified atom stereocenters. The smallest absolute Gasteiger partial charge is 0.190 e. The minimum Gasteiger partial charge on any atom is -0.356 e. The molecule has 1 aliphatic rings. The van der Waals surface area contributed by atoms with Crippen LogP contribution in [0.15, 0.2) is 29.3 Å². The van der Waals surface area contributed by atoms with Crippen LogP contribution >= 0.6 is 11.6 Å². The summed E-state index contributed by atoms with van der Waals surface area (Å²) < 4.78 is 0. The Labute approximate surface area is 151 Å². The van der Waals surface area contributed by atoms with Crippen LogP contribution in [0.2, 0.25) is 5.02 Å². The van der Waals surface area contributed by atoms with Crippen LogP contribution in [0.4, 0.5) is 0 Å². The largest absolute Gasteiger partial charge is 0.356 e. The number of guanidine groups is 1. The molecule has 0 spiro atoms. The summed E-state index contributed by atoms with van der Waals surface area (Å²) in [6, 6.07) is 8.03. The van der Waals surface area contributed by atoms with E-state index < -0.39 is 0 Å². The molecule has 1 aromatic carbocycles. The maximum Gasteiger partial charge on any atom is 0.190 e. The average molecular weight is 351 g/mol. The molecule has 1 heterocycles. The van der Waals surface area contributed by atoms with Crippen LogP contribution in [0.1, 0.15) is 31.7 Å². The molecule has 0 bridgehead atoms. The Morgan fingerprint density at radius 2 is 2.08 bits per heavy atom. The van der Waals surface area contributed by atoms with E-state index in [9.17, 15) is 0 Å². The molecule has 0 atom stereocenters. The first-order valence-corrected chi connectivity index (χ1v) is 9.50. The first kappa shape index (κ1) is 19.1. The fraction of sp³-hybridized carbons (Fsp3) is 0.632. The van der Waals surface area contributed by atoms with Crippen LogP contribution in [0.5, 0.6) is 0 Å². The van der Waals surface area contributed by atoms with Gasteiger partial charge in [-0.2, -0.15) is 0 Å². The maximum atomic E-state index is 6.02. The fourth-order valence-electron chi connectivity index (χ4n) is 3.21. The summed E-state index contributed by atoms with van der Waals surface area (Å²) in [5.41, 5.74) is 1.24. The van der Waals surface area contributed by atoms with Gasteiger partial charge in [-0.05, 0) is 68.9 Å². The van der Waals surface area contributed by atoms with E-state index >= 15 is 0 Å². The van der Waals surface area contributed by atoms with E-state index in [0.29, 0.717) is 0 Å². The minimum absolute atomic E-state index is 0.754. The van der Waals surface area contributed by atoms with Gasteiger partial charge in [0.05, 0.1) is 0 Å². The van der Waals surface area contributed by atoms with Crippen molar-refractivity contribution in [3.8, 4) is 0 Å². The van der Waals surface area contributed by atoms with E-state index in [-0.39, 0.29) is 0 Å². The number of aliphatic imine (C=N–C) groups is 1. The van der Waals surface area contributed by atoms with Gasteiger partial charge in [-0.25, -0.2) is 0 Å². The Balaban J connectivity index is 1.64. The number of hydrogen-bond acceptors (Lipinski definition) is 2. The second-order valence-electron chi connectivity index (χ2n) is 6.54. The van der Waals surface area contributed by atoms with Gasteiger partial charge in [0, 0.05) is 25.2 Å². The molecule has 1 aliphatic heterocycles. The van der Waals surface area contributed by atoms with Crippen molar-refractivity contribution in [2.75, 3.05) is 39.8 Å². The molecule has 0 aliphatic carbocycles. The maximum absolute atomic E-state index is 6.02. The molecule has 0 aromatic heterocycles.